The fourth-order valence-electron chi connectivity index (χ4n) is 2.52. The van der Waals surface area contributed by atoms with Crippen molar-refractivity contribution in [1.29, 1.82) is 5.41 Å². The van der Waals surface area contributed by atoms with Crippen molar-refractivity contribution < 1.29 is 9.53 Å². The summed E-state index contributed by atoms with van der Waals surface area (Å²) in [7, 11) is 0. The molecule has 1 rings (SSSR count). The van der Waals surface area contributed by atoms with E-state index in [2.05, 4.69) is 20.8 Å². The molecule has 1 aliphatic rings. The van der Waals surface area contributed by atoms with Gasteiger partial charge < -0.3 is 10.5 Å². The summed E-state index contributed by atoms with van der Waals surface area (Å²) in [6.45, 7) is 12.6. The maximum atomic E-state index is 11.6. The van der Waals surface area contributed by atoms with Crippen LogP contribution < -0.4 is 5.73 Å². The zero-order valence-corrected chi connectivity index (χ0v) is 13.2. The fraction of sp³-hybridized carbons (Fsp3) is 0.867. The monoisotopic (exact) mass is 270 g/mol. The lowest BCUT2D eigenvalue weighted by molar-refractivity contribution is -0.135. The van der Waals surface area contributed by atoms with Gasteiger partial charge in [-0.2, -0.15) is 0 Å². The minimum atomic E-state index is -0.514. The maximum absolute atomic E-state index is 11.6. The molecular formula is C15H30N2O2. The van der Waals surface area contributed by atoms with Gasteiger partial charge in [0.05, 0.1) is 6.61 Å². The molecule has 19 heavy (non-hydrogen) atoms. The lowest BCUT2D eigenvalue weighted by atomic mass is 9.63. The Bertz CT molecular complexity index is 313. The number of rotatable bonds is 3. The first-order valence-electron chi connectivity index (χ1n) is 7.30. The smallest absolute Gasteiger partial charge is 0.352 e. The second-order valence-electron chi connectivity index (χ2n) is 5.73. The van der Waals surface area contributed by atoms with Crippen molar-refractivity contribution in [3.05, 3.63) is 0 Å². The summed E-state index contributed by atoms with van der Waals surface area (Å²) in [6.07, 6.45) is 1.65. The zero-order chi connectivity index (χ0) is 15.2. The molecule has 0 bridgehead atoms. The Hall–Kier alpha value is -0.900. The van der Waals surface area contributed by atoms with Crippen molar-refractivity contribution in [2.24, 2.45) is 23.0 Å². The molecule has 0 aliphatic heterocycles. The standard InChI is InChI=1S/C13H24N2O2.C2H6/c1-5-17-12(16)11(15)9-6-8(2)13(3,4)7-10(9)14;1-2/h8-10,15H,5-7,14H2,1-4H3;1-2H3. The number of hydrogen-bond acceptors (Lipinski definition) is 4. The summed E-state index contributed by atoms with van der Waals surface area (Å²) in [4.78, 5) is 11.6. The van der Waals surface area contributed by atoms with Crippen LogP contribution in [-0.4, -0.2) is 24.3 Å². The van der Waals surface area contributed by atoms with Crippen LogP contribution in [0.1, 0.15) is 54.4 Å². The summed E-state index contributed by atoms with van der Waals surface area (Å²) >= 11 is 0. The van der Waals surface area contributed by atoms with Gasteiger partial charge in [-0.1, -0.05) is 34.6 Å². The summed E-state index contributed by atoms with van der Waals surface area (Å²) in [5.41, 5.74) is 6.33. The van der Waals surface area contributed by atoms with Crippen LogP contribution in [0.2, 0.25) is 0 Å². The first-order valence-corrected chi connectivity index (χ1v) is 7.30. The Kier molecular flexibility index (Phi) is 7.27. The highest BCUT2D eigenvalue weighted by atomic mass is 16.5. The predicted octanol–water partition coefficient (Wildman–Crippen LogP) is 3.00. The summed E-state index contributed by atoms with van der Waals surface area (Å²) in [5.74, 6) is -0.209. The second kappa shape index (κ2) is 7.63. The maximum Gasteiger partial charge on any atom is 0.352 e. The molecule has 112 valence electrons. The van der Waals surface area contributed by atoms with Crippen molar-refractivity contribution >= 4 is 11.7 Å². The number of carbonyl (C=O) groups excluding carboxylic acids is 1. The molecule has 0 aromatic heterocycles. The van der Waals surface area contributed by atoms with E-state index in [1.807, 2.05) is 13.8 Å². The molecule has 0 aromatic carbocycles. The zero-order valence-electron chi connectivity index (χ0n) is 13.2. The van der Waals surface area contributed by atoms with Gasteiger partial charge in [-0.25, -0.2) is 4.79 Å². The van der Waals surface area contributed by atoms with Crippen molar-refractivity contribution in [1.82, 2.24) is 0 Å². The number of nitrogens with one attached hydrogen (secondary N) is 1. The largest absolute Gasteiger partial charge is 0.462 e. The van der Waals surface area contributed by atoms with Gasteiger partial charge in [-0.05, 0) is 31.1 Å². The van der Waals surface area contributed by atoms with E-state index in [0.717, 1.165) is 12.8 Å². The van der Waals surface area contributed by atoms with Crippen LogP contribution in [0.4, 0.5) is 0 Å². The number of esters is 1. The number of nitrogens with two attached hydrogens (primary N) is 1. The van der Waals surface area contributed by atoms with Gasteiger partial charge in [0.1, 0.15) is 5.71 Å². The van der Waals surface area contributed by atoms with Crippen molar-refractivity contribution in [3.8, 4) is 0 Å². The Morgan fingerprint density at radius 3 is 2.42 bits per heavy atom. The minimum absolute atomic E-state index is 0.0432. The average Bonchev–Trinajstić information content (AvgIpc) is 2.35. The van der Waals surface area contributed by atoms with Gasteiger partial charge in [0.25, 0.3) is 0 Å². The average molecular weight is 270 g/mol. The van der Waals surface area contributed by atoms with E-state index >= 15 is 0 Å². The van der Waals surface area contributed by atoms with Crippen molar-refractivity contribution in [2.45, 2.75) is 60.4 Å². The predicted molar refractivity (Wildman–Crippen MR) is 79.4 cm³/mol. The Morgan fingerprint density at radius 1 is 1.42 bits per heavy atom. The first kappa shape index (κ1) is 18.1. The highest BCUT2D eigenvalue weighted by molar-refractivity contribution is 6.36. The van der Waals surface area contributed by atoms with Crippen LogP contribution in [0, 0.1) is 22.7 Å². The molecule has 4 nitrogen and oxygen atoms in total. The third-order valence-electron chi connectivity index (χ3n) is 4.09. The molecule has 4 heteroatoms. The van der Waals surface area contributed by atoms with E-state index in [1.54, 1.807) is 6.92 Å². The lowest BCUT2D eigenvalue weighted by Crippen LogP contribution is -2.48. The molecule has 1 fully saturated rings. The molecule has 0 radical (unpaired) electrons. The summed E-state index contributed by atoms with van der Waals surface area (Å²) < 4.78 is 4.87. The summed E-state index contributed by atoms with van der Waals surface area (Å²) in [6, 6.07) is -0.113. The van der Waals surface area contributed by atoms with Gasteiger partial charge >= 0.3 is 5.97 Å². The molecule has 0 aromatic rings. The van der Waals surface area contributed by atoms with Gasteiger partial charge in [0.2, 0.25) is 0 Å². The molecule has 0 saturated heterocycles. The second-order valence-corrected chi connectivity index (χ2v) is 5.73. The van der Waals surface area contributed by atoms with E-state index in [0.29, 0.717) is 12.5 Å². The molecule has 0 amide bonds. The third kappa shape index (κ3) is 4.60. The van der Waals surface area contributed by atoms with Crippen molar-refractivity contribution in [3.63, 3.8) is 0 Å². The van der Waals surface area contributed by atoms with Crippen LogP contribution in [0.3, 0.4) is 0 Å². The van der Waals surface area contributed by atoms with Crippen LogP contribution in [-0.2, 0) is 9.53 Å². The van der Waals surface area contributed by atoms with Crippen molar-refractivity contribution in [2.75, 3.05) is 6.61 Å². The Labute approximate surface area is 117 Å². The van der Waals surface area contributed by atoms with Crippen LogP contribution in [0.15, 0.2) is 0 Å². The van der Waals surface area contributed by atoms with Crippen LogP contribution in [0.25, 0.3) is 0 Å². The van der Waals surface area contributed by atoms with Gasteiger partial charge in [-0.15, -0.1) is 0 Å². The number of hydrogen-bond donors (Lipinski definition) is 2. The van der Waals surface area contributed by atoms with E-state index in [4.69, 9.17) is 15.9 Å². The highest BCUT2D eigenvalue weighted by Crippen LogP contribution is 2.42. The van der Waals surface area contributed by atoms with Gasteiger partial charge in [0, 0.05) is 12.0 Å². The quantitative estimate of drug-likeness (QED) is 0.611. The Balaban J connectivity index is 0.00000154. The van der Waals surface area contributed by atoms with E-state index < -0.39 is 5.97 Å². The lowest BCUT2D eigenvalue weighted by Gasteiger charge is -2.43. The molecule has 0 heterocycles. The normalized spacial score (nSPS) is 28.9. The van der Waals surface area contributed by atoms with E-state index in [-0.39, 0.29) is 23.1 Å². The van der Waals surface area contributed by atoms with Crippen LogP contribution in [0.5, 0.6) is 0 Å². The highest BCUT2D eigenvalue weighted by Gasteiger charge is 2.41. The molecule has 3 unspecified atom stereocenters. The summed E-state index contributed by atoms with van der Waals surface area (Å²) in [5, 5.41) is 7.89. The van der Waals surface area contributed by atoms with Crippen LogP contribution >= 0.6 is 0 Å². The van der Waals surface area contributed by atoms with E-state index in [9.17, 15) is 4.79 Å². The topological polar surface area (TPSA) is 76.2 Å². The van der Waals surface area contributed by atoms with Gasteiger partial charge in [-0.3, -0.25) is 5.41 Å². The Morgan fingerprint density at radius 2 is 1.95 bits per heavy atom. The van der Waals surface area contributed by atoms with E-state index in [1.165, 1.54) is 0 Å². The third-order valence-corrected chi connectivity index (χ3v) is 4.09. The SMILES string of the molecule is CC.CCOC(=O)C(=N)C1CC(C)C(C)(C)CC1N. The molecule has 1 aliphatic carbocycles. The molecular weight excluding hydrogens is 240 g/mol. The fourth-order valence-corrected chi connectivity index (χ4v) is 2.52. The minimum Gasteiger partial charge on any atom is -0.462 e. The number of ether oxygens (including phenoxy) is 1. The first-order chi connectivity index (χ1) is 8.79. The molecule has 3 atom stereocenters. The number of carbonyl (C=O) groups is 1. The molecule has 1 saturated carbocycles. The molecule has 3 N–H and O–H groups in total. The molecule has 0 spiro atoms. The van der Waals surface area contributed by atoms with Gasteiger partial charge in [0.15, 0.2) is 0 Å².